The molecule has 0 aromatic heterocycles. The van der Waals surface area contributed by atoms with Crippen LogP contribution >= 0.6 is 12.4 Å². The standard InChI is InChI=1S/C12H17FN2O.ClH/c1-7-4-5-10(6-11(7)13)9(3)15-12(16)8(2)14;/h4-6,8-9H,14H2,1-3H3,(H,15,16);1H. The van der Waals surface area contributed by atoms with Gasteiger partial charge in [0.05, 0.1) is 12.1 Å². The molecule has 96 valence electrons. The van der Waals surface area contributed by atoms with Crippen molar-refractivity contribution in [1.29, 1.82) is 0 Å². The molecule has 1 amide bonds. The Balaban J connectivity index is 0.00000256. The van der Waals surface area contributed by atoms with Gasteiger partial charge in [0.2, 0.25) is 5.91 Å². The third-order valence-electron chi connectivity index (χ3n) is 2.47. The molecule has 1 aromatic rings. The number of hydrogen-bond donors (Lipinski definition) is 2. The van der Waals surface area contributed by atoms with E-state index in [9.17, 15) is 9.18 Å². The van der Waals surface area contributed by atoms with Crippen LogP contribution in [0.25, 0.3) is 0 Å². The maximum atomic E-state index is 13.3. The van der Waals surface area contributed by atoms with Crippen molar-refractivity contribution in [2.75, 3.05) is 0 Å². The highest BCUT2D eigenvalue weighted by atomic mass is 35.5. The maximum Gasteiger partial charge on any atom is 0.237 e. The van der Waals surface area contributed by atoms with Gasteiger partial charge in [0.1, 0.15) is 5.82 Å². The van der Waals surface area contributed by atoms with Gasteiger partial charge in [-0.1, -0.05) is 12.1 Å². The van der Waals surface area contributed by atoms with Crippen molar-refractivity contribution in [3.63, 3.8) is 0 Å². The zero-order valence-electron chi connectivity index (χ0n) is 10.2. The molecule has 0 aliphatic rings. The van der Waals surface area contributed by atoms with Crippen LogP contribution in [0.4, 0.5) is 4.39 Å². The molecule has 0 fully saturated rings. The molecular formula is C12H18ClFN2O. The van der Waals surface area contributed by atoms with E-state index in [2.05, 4.69) is 5.32 Å². The van der Waals surface area contributed by atoms with Crippen molar-refractivity contribution in [1.82, 2.24) is 5.32 Å². The lowest BCUT2D eigenvalue weighted by atomic mass is 10.1. The number of hydrogen-bond acceptors (Lipinski definition) is 2. The van der Waals surface area contributed by atoms with E-state index in [1.165, 1.54) is 6.07 Å². The van der Waals surface area contributed by atoms with Crippen LogP contribution in [-0.4, -0.2) is 11.9 Å². The molecule has 0 spiro atoms. The average molecular weight is 261 g/mol. The van der Waals surface area contributed by atoms with Crippen molar-refractivity contribution in [3.05, 3.63) is 35.1 Å². The van der Waals surface area contributed by atoms with E-state index in [0.717, 1.165) is 5.56 Å². The fraction of sp³-hybridized carbons (Fsp3) is 0.417. The number of halogens is 2. The van der Waals surface area contributed by atoms with Gasteiger partial charge in [-0.05, 0) is 38.0 Å². The van der Waals surface area contributed by atoms with Crippen molar-refractivity contribution >= 4 is 18.3 Å². The Kier molecular flexibility index (Phi) is 6.13. The summed E-state index contributed by atoms with van der Waals surface area (Å²) in [4.78, 5) is 11.3. The number of nitrogens with two attached hydrogens (primary N) is 1. The highest BCUT2D eigenvalue weighted by Crippen LogP contribution is 2.16. The summed E-state index contributed by atoms with van der Waals surface area (Å²) in [5, 5.41) is 2.71. The highest BCUT2D eigenvalue weighted by Gasteiger charge is 2.13. The second kappa shape index (κ2) is 6.57. The lowest BCUT2D eigenvalue weighted by Gasteiger charge is -2.16. The zero-order chi connectivity index (χ0) is 12.3. The lowest BCUT2D eigenvalue weighted by Crippen LogP contribution is -2.39. The van der Waals surface area contributed by atoms with Gasteiger partial charge < -0.3 is 11.1 Å². The van der Waals surface area contributed by atoms with E-state index in [4.69, 9.17) is 5.73 Å². The Bertz CT molecular complexity index is 396. The van der Waals surface area contributed by atoms with Gasteiger partial charge in [-0.3, -0.25) is 4.79 Å². The first-order valence-electron chi connectivity index (χ1n) is 5.24. The molecule has 0 saturated carbocycles. The molecule has 3 N–H and O–H groups in total. The molecule has 5 heteroatoms. The number of rotatable bonds is 3. The topological polar surface area (TPSA) is 55.1 Å². The third kappa shape index (κ3) is 4.32. The van der Waals surface area contributed by atoms with Gasteiger partial charge in [0, 0.05) is 0 Å². The Hall–Kier alpha value is -1.13. The molecule has 0 radical (unpaired) electrons. The SMILES string of the molecule is Cc1ccc(C(C)NC(=O)C(C)N)cc1F.Cl. The molecule has 1 rings (SSSR count). The van der Waals surface area contributed by atoms with Gasteiger partial charge in [-0.25, -0.2) is 4.39 Å². The summed E-state index contributed by atoms with van der Waals surface area (Å²) in [5.74, 6) is -0.507. The molecule has 0 heterocycles. The number of amides is 1. The fourth-order valence-corrected chi connectivity index (χ4v) is 1.31. The molecular weight excluding hydrogens is 243 g/mol. The number of benzene rings is 1. The Labute approximate surface area is 107 Å². The quantitative estimate of drug-likeness (QED) is 0.874. The molecule has 0 bridgehead atoms. The zero-order valence-corrected chi connectivity index (χ0v) is 11.0. The number of aryl methyl sites for hydroxylation is 1. The molecule has 17 heavy (non-hydrogen) atoms. The van der Waals surface area contributed by atoms with E-state index < -0.39 is 6.04 Å². The van der Waals surface area contributed by atoms with Gasteiger partial charge in [-0.2, -0.15) is 0 Å². The van der Waals surface area contributed by atoms with Crippen molar-refractivity contribution in [2.45, 2.75) is 32.9 Å². The normalized spacial score (nSPS) is 13.5. The largest absolute Gasteiger partial charge is 0.348 e. The summed E-state index contributed by atoms with van der Waals surface area (Å²) in [6.07, 6.45) is 0. The van der Waals surface area contributed by atoms with Gasteiger partial charge >= 0.3 is 0 Å². The first-order chi connectivity index (χ1) is 7.41. The van der Waals surface area contributed by atoms with Crippen LogP contribution in [0.1, 0.15) is 31.0 Å². The first-order valence-corrected chi connectivity index (χ1v) is 5.24. The molecule has 0 saturated heterocycles. The molecule has 2 atom stereocenters. The Morgan fingerprint density at radius 1 is 1.41 bits per heavy atom. The number of carbonyl (C=O) groups excluding carboxylic acids is 1. The smallest absolute Gasteiger partial charge is 0.237 e. The average Bonchev–Trinajstić information content (AvgIpc) is 2.21. The summed E-state index contributed by atoms with van der Waals surface area (Å²) in [6.45, 7) is 5.10. The first kappa shape index (κ1) is 15.9. The van der Waals surface area contributed by atoms with Crippen LogP contribution in [0.3, 0.4) is 0 Å². The highest BCUT2D eigenvalue weighted by molar-refractivity contribution is 5.85. The molecule has 3 nitrogen and oxygen atoms in total. The van der Waals surface area contributed by atoms with E-state index >= 15 is 0 Å². The lowest BCUT2D eigenvalue weighted by molar-refractivity contribution is -0.122. The number of carbonyl (C=O) groups is 1. The van der Waals surface area contributed by atoms with Gasteiger partial charge in [-0.15, -0.1) is 12.4 Å². The van der Waals surface area contributed by atoms with E-state index in [1.54, 1.807) is 32.9 Å². The van der Waals surface area contributed by atoms with E-state index in [0.29, 0.717) is 5.56 Å². The van der Waals surface area contributed by atoms with Crippen LogP contribution in [0.5, 0.6) is 0 Å². The summed E-state index contributed by atoms with van der Waals surface area (Å²) in [6, 6.07) is 4.12. The molecule has 1 aromatic carbocycles. The van der Waals surface area contributed by atoms with Crippen LogP contribution in [0.2, 0.25) is 0 Å². The second-order valence-electron chi connectivity index (χ2n) is 4.03. The predicted octanol–water partition coefficient (Wildman–Crippen LogP) is 2.08. The maximum absolute atomic E-state index is 13.3. The minimum Gasteiger partial charge on any atom is -0.348 e. The van der Waals surface area contributed by atoms with E-state index in [1.807, 2.05) is 0 Å². The van der Waals surface area contributed by atoms with Crippen LogP contribution in [0.15, 0.2) is 18.2 Å². The van der Waals surface area contributed by atoms with E-state index in [-0.39, 0.29) is 30.2 Å². The number of nitrogens with one attached hydrogen (secondary N) is 1. The third-order valence-corrected chi connectivity index (χ3v) is 2.47. The minimum atomic E-state index is -0.558. The fourth-order valence-electron chi connectivity index (χ4n) is 1.31. The molecule has 2 unspecified atom stereocenters. The molecule has 0 aliphatic heterocycles. The van der Waals surface area contributed by atoms with Gasteiger partial charge in [0.25, 0.3) is 0 Å². The summed E-state index contributed by atoms with van der Waals surface area (Å²) in [7, 11) is 0. The van der Waals surface area contributed by atoms with Gasteiger partial charge in [0.15, 0.2) is 0 Å². The van der Waals surface area contributed by atoms with Crippen molar-refractivity contribution in [2.24, 2.45) is 5.73 Å². The summed E-state index contributed by atoms with van der Waals surface area (Å²) < 4.78 is 13.3. The van der Waals surface area contributed by atoms with Crippen LogP contribution in [0, 0.1) is 12.7 Å². The second-order valence-corrected chi connectivity index (χ2v) is 4.03. The summed E-state index contributed by atoms with van der Waals surface area (Å²) in [5.41, 5.74) is 6.76. The minimum absolute atomic E-state index is 0. The Morgan fingerprint density at radius 2 is 2.00 bits per heavy atom. The Morgan fingerprint density at radius 3 is 2.47 bits per heavy atom. The van der Waals surface area contributed by atoms with Crippen molar-refractivity contribution in [3.8, 4) is 0 Å². The van der Waals surface area contributed by atoms with Crippen LogP contribution < -0.4 is 11.1 Å². The summed E-state index contributed by atoms with van der Waals surface area (Å²) >= 11 is 0. The van der Waals surface area contributed by atoms with Crippen molar-refractivity contribution < 1.29 is 9.18 Å². The monoisotopic (exact) mass is 260 g/mol. The predicted molar refractivity (Wildman–Crippen MR) is 68.6 cm³/mol. The molecule has 0 aliphatic carbocycles. The van der Waals surface area contributed by atoms with Crippen LogP contribution in [-0.2, 0) is 4.79 Å².